The highest BCUT2D eigenvalue weighted by molar-refractivity contribution is 7.96. The van der Waals surface area contributed by atoms with Gasteiger partial charge >= 0.3 is 8.60 Å². The van der Waals surface area contributed by atoms with Crippen molar-refractivity contribution in [2.45, 2.75) is 0 Å². The summed E-state index contributed by atoms with van der Waals surface area (Å²) in [6, 6.07) is 0. The normalized spacial score (nSPS) is 14.2. The Hall–Kier alpha value is 0.160. The van der Waals surface area contributed by atoms with Crippen molar-refractivity contribution >= 4 is 39.0 Å². The third-order valence-corrected chi connectivity index (χ3v) is 5.30. The zero-order valence-corrected chi connectivity index (χ0v) is 11.7. The van der Waals surface area contributed by atoms with E-state index in [-0.39, 0.29) is 0 Å². The van der Waals surface area contributed by atoms with Crippen molar-refractivity contribution in [3.63, 3.8) is 0 Å². The van der Waals surface area contributed by atoms with E-state index in [2.05, 4.69) is 11.9 Å². The van der Waals surface area contributed by atoms with Gasteiger partial charge in [0.15, 0.2) is 0 Å². The summed E-state index contributed by atoms with van der Waals surface area (Å²) >= 11 is 0. The van der Waals surface area contributed by atoms with Crippen molar-refractivity contribution in [2.24, 2.45) is 0 Å². The van der Waals surface area contributed by atoms with E-state index in [0.717, 1.165) is 0 Å². The van der Waals surface area contributed by atoms with Crippen molar-refractivity contribution < 1.29 is 37.2 Å². The van der Waals surface area contributed by atoms with Gasteiger partial charge < -0.3 is 0 Å². The lowest BCUT2D eigenvalue weighted by Crippen LogP contribution is -2.09. The molecule has 0 radical (unpaired) electrons. The van der Waals surface area contributed by atoms with Gasteiger partial charge in [-0.25, -0.2) is 0 Å². The van der Waals surface area contributed by atoms with Gasteiger partial charge in [0.25, 0.3) is 30.4 Å². The SMILES string of the molecule is CS(=O)(=O)OP(OS(C)(=O)=O)OS(C)(=O)=O. The Bertz CT molecular complexity index is 446. The predicted molar refractivity (Wildman–Crippen MR) is 54.7 cm³/mol. The molecule has 0 aliphatic rings. The van der Waals surface area contributed by atoms with Crippen molar-refractivity contribution in [2.75, 3.05) is 18.8 Å². The van der Waals surface area contributed by atoms with Gasteiger partial charge in [-0.05, 0) is 0 Å². The van der Waals surface area contributed by atoms with Crippen molar-refractivity contribution in [3.8, 4) is 0 Å². The van der Waals surface area contributed by atoms with Crippen molar-refractivity contribution in [3.05, 3.63) is 0 Å². The molecule has 0 N–H and O–H groups in total. The fourth-order valence-electron chi connectivity index (χ4n) is 0.369. The molecule has 0 aliphatic heterocycles. The molecular formula is C3H9O9PS3. The monoisotopic (exact) mass is 316 g/mol. The molecule has 0 unspecified atom stereocenters. The van der Waals surface area contributed by atoms with Crippen LogP contribution in [0.4, 0.5) is 0 Å². The molecule has 0 saturated carbocycles. The number of rotatable bonds is 6. The predicted octanol–water partition coefficient (Wildman–Crippen LogP) is -0.858. The second kappa shape index (κ2) is 5.21. The van der Waals surface area contributed by atoms with Crippen LogP contribution < -0.4 is 0 Å². The van der Waals surface area contributed by atoms with Gasteiger partial charge in [-0.3, -0.25) is 0 Å². The molecule has 0 aromatic heterocycles. The maximum atomic E-state index is 10.7. The average molecular weight is 316 g/mol. The quantitative estimate of drug-likeness (QED) is 0.574. The summed E-state index contributed by atoms with van der Waals surface area (Å²) in [5, 5.41) is 0. The molecule has 13 heteroatoms. The molecule has 16 heavy (non-hydrogen) atoms. The van der Waals surface area contributed by atoms with Crippen LogP contribution in [0.3, 0.4) is 0 Å². The van der Waals surface area contributed by atoms with Gasteiger partial charge in [-0.2, -0.15) is 37.2 Å². The Labute approximate surface area is 95.1 Å². The van der Waals surface area contributed by atoms with Gasteiger partial charge in [-0.1, -0.05) is 0 Å². The minimum absolute atomic E-state index is 0.583. The van der Waals surface area contributed by atoms with Gasteiger partial charge in [0.2, 0.25) is 0 Å². The van der Waals surface area contributed by atoms with Crippen LogP contribution in [-0.4, -0.2) is 44.0 Å². The van der Waals surface area contributed by atoms with Crippen LogP contribution >= 0.6 is 8.60 Å². The van der Waals surface area contributed by atoms with Gasteiger partial charge in [0.1, 0.15) is 0 Å². The van der Waals surface area contributed by atoms with E-state index in [1.165, 1.54) is 0 Å². The lowest BCUT2D eigenvalue weighted by atomic mass is 12.0. The first kappa shape index (κ1) is 16.2. The summed E-state index contributed by atoms with van der Waals surface area (Å²) in [6.07, 6.45) is 1.75. The minimum atomic E-state index is -4.12. The highest BCUT2D eigenvalue weighted by Gasteiger charge is 2.28. The van der Waals surface area contributed by atoms with Gasteiger partial charge in [0.05, 0.1) is 18.8 Å². The molecular weight excluding hydrogens is 307 g/mol. The van der Waals surface area contributed by atoms with E-state index in [1.807, 2.05) is 0 Å². The van der Waals surface area contributed by atoms with E-state index in [1.54, 1.807) is 0 Å². The Kier molecular flexibility index (Phi) is 5.26. The van der Waals surface area contributed by atoms with E-state index >= 15 is 0 Å². The third-order valence-electron chi connectivity index (χ3n) is 0.589. The molecule has 0 fully saturated rings. The third kappa shape index (κ3) is 10.7. The van der Waals surface area contributed by atoms with Crippen LogP contribution in [0.2, 0.25) is 0 Å². The second-order valence-corrected chi connectivity index (χ2v) is 9.02. The van der Waals surface area contributed by atoms with E-state index in [9.17, 15) is 25.3 Å². The Morgan fingerprint density at radius 2 is 0.812 bits per heavy atom. The smallest absolute Gasteiger partial charge is 0.199 e. The van der Waals surface area contributed by atoms with Crippen molar-refractivity contribution in [1.29, 1.82) is 0 Å². The summed E-state index contributed by atoms with van der Waals surface area (Å²) in [4.78, 5) is 0. The van der Waals surface area contributed by atoms with Crippen LogP contribution in [0.5, 0.6) is 0 Å². The zero-order valence-electron chi connectivity index (χ0n) is 8.35. The Balaban J connectivity index is 4.93. The summed E-state index contributed by atoms with van der Waals surface area (Å²) < 4.78 is 76.0. The Morgan fingerprint density at radius 1 is 0.625 bits per heavy atom. The first-order valence-electron chi connectivity index (χ1n) is 3.27. The highest BCUT2D eigenvalue weighted by atomic mass is 32.3. The van der Waals surface area contributed by atoms with Gasteiger partial charge in [-0.15, -0.1) is 0 Å². The molecule has 0 heterocycles. The first-order chi connectivity index (χ1) is 6.79. The van der Waals surface area contributed by atoms with Crippen LogP contribution in [-0.2, 0) is 42.3 Å². The Morgan fingerprint density at radius 3 is 0.938 bits per heavy atom. The minimum Gasteiger partial charge on any atom is -0.199 e. The number of hydrogen-bond acceptors (Lipinski definition) is 9. The topological polar surface area (TPSA) is 130 Å². The standard InChI is InChI=1S/C3H9O9PS3/c1-14(4,5)10-13(11-15(2,6)7)12-16(3,8)9/h1-3H3. The largest absolute Gasteiger partial charge is 0.380 e. The molecule has 0 aromatic carbocycles. The van der Waals surface area contributed by atoms with Crippen molar-refractivity contribution in [1.82, 2.24) is 0 Å². The summed E-state index contributed by atoms with van der Waals surface area (Å²) in [5.41, 5.74) is 0. The molecule has 0 amide bonds. The fraction of sp³-hybridized carbons (Fsp3) is 1.00. The zero-order chi connectivity index (χ0) is 13.2. The molecule has 0 aromatic rings. The van der Waals surface area contributed by atoms with E-state index in [4.69, 9.17) is 0 Å². The number of hydrogen-bond donors (Lipinski definition) is 0. The molecule has 0 rings (SSSR count). The van der Waals surface area contributed by atoms with Gasteiger partial charge in [0, 0.05) is 0 Å². The van der Waals surface area contributed by atoms with Crippen LogP contribution in [0.1, 0.15) is 0 Å². The molecule has 0 atom stereocenters. The second-order valence-electron chi connectivity index (χ2n) is 2.56. The summed E-state index contributed by atoms with van der Waals surface area (Å²) in [7, 11) is -15.4. The fourth-order valence-corrected chi connectivity index (χ4v) is 3.99. The van der Waals surface area contributed by atoms with Crippen LogP contribution in [0, 0.1) is 0 Å². The molecule has 0 saturated heterocycles. The summed E-state index contributed by atoms with van der Waals surface area (Å²) in [6.45, 7) is 0. The van der Waals surface area contributed by atoms with E-state index < -0.39 is 39.0 Å². The van der Waals surface area contributed by atoms with E-state index in [0.29, 0.717) is 18.8 Å². The molecule has 0 aliphatic carbocycles. The first-order valence-corrected chi connectivity index (χ1v) is 9.82. The lowest BCUT2D eigenvalue weighted by molar-refractivity contribution is 0.385. The molecule has 0 bridgehead atoms. The van der Waals surface area contributed by atoms with Crippen LogP contribution in [0.25, 0.3) is 0 Å². The molecule has 9 nitrogen and oxygen atoms in total. The maximum Gasteiger partial charge on any atom is 0.380 e. The average Bonchev–Trinajstić information content (AvgIpc) is 1.70. The lowest BCUT2D eigenvalue weighted by Gasteiger charge is -2.11. The highest BCUT2D eigenvalue weighted by Crippen LogP contribution is 2.44. The van der Waals surface area contributed by atoms with Crippen LogP contribution in [0.15, 0.2) is 0 Å². The summed E-state index contributed by atoms with van der Waals surface area (Å²) in [5.74, 6) is 0. The molecule has 0 spiro atoms. The molecule has 98 valence electrons. The maximum absolute atomic E-state index is 10.7.